The summed E-state index contributed by atoms with van der Waals surface area (Å²) < 4.78 is 4.55. The first-order valence-electron chi connectivity index (χ1n) is 6.72. The van der Waals surface area contributed by atoms with E-state index in [9.17, 15) is 9.59 Å². The summed E-state index contributed by atoms with van der Waals surface area (Å²) in [6.45, 7) is 6.88. The Labute approximate surface area is 116 Å². The van der Waals surface area contributed by atoms with Crippen molar-refractivity contribution in [1.82, 2.24) is 4.90 Å². The highest BCUT2D eigenvalue weighted by molar-refractivity contribution is 5.76. The highest BCUT2D eigenvalue weighted by Crippen LogP contribution is 2.21. The summed E-state index contributed by atoms with van der Waals surface area (Å²) in [6, 6.07) is -0.115. The van der Waals surface area contributed by atoms with Gasteiger partial charge in [-0.2, -0.15) is 0 Å². The number of rotatable bonds is 7. The minimum Gasteiger partial charge on any atom is -0.469 e. The maximum atomic E-state index is 11.9. The van der Waals surface area contributed by atoms with E-state index in [1.54, 1.807) is 11.9 Å². The van der Waals surface area contributed by atoms with E-state index in [1.165, 1.54) is 7.11 Å². The van der Waals surface area contributed by atoms with Crippen molar-refractivity contribution in [3.05, 3.63) is 0 Å². The van der Waals surface area contributed by atoms with Gasteiger partial charge in [0.2, 0.25) is 5.91 Å². The van der Waals surface area contributed by atoms with Gasteiger partial charge in [-0.3, -0.25) is 9.59 Å². The van der Waals surface area contributed by atoms with Crippen molar-refractivity contribution in [2.75, 3.05) is 20.7 Å². The quantitative estimate of drug-likeness (QED) is 0.714. The van der Waals surface area contributed by atoms with Crippen LogP contribution in [0.1, 0.15) is 46.5 Å². The molecule has 0 radical (unpaired) electrons. The molecule has 0 fully saturated rings. The van der Waals surface area contributed by atoms with E-state index in [-0.39, 0.29) is 23.3 Å². The molecule has 0 aromatic carbocycles. The van der Waals surface area contributed by atoms with Crippen molar-refractivity contribution in [2.24, 2.45) is 11.1 Å². The first-order chi connectivity index (χ1) is 8.65. The zero-order chi connectivity index (χ0) is 15.1. The molecule has 1 unspecified atom stereocenters. The van der Waals surface area contributed by atoms with Crippen molar-refractivity contribution in [1.29, 1.82) is 0 Å². The molecule has 0 aliphatic heterocycles. The van der Waals surface area contributed by atoms with Crippen LogP contribution in [0.2, 0.25) is 0 Å². The fraction of sp³-hybridized carbons (Fsp3) is 0.857. The molecule has 5 heteroatoms. The first-order valence-corrected chi connectivity index (χ1v) is 6.72. The third-order valence-corrected chi connectivity index (χ3v) is 2.84. The van der Waals surface area contributed by atoms with Gasteiger partial charge in [0.05, 0.1) is 7.11 Å². The first kappa shape index (κ1) is 17.9. The SMILES string of the molecule is COC(=O)CCCN(C)C(=O)CC(N)CC(C)(C)C. The van der Waals surface area contributed by atoms with Gasteiger partial charge in [0.25, 0.3) is 0 Å². The van der Waals surface area contributed by atoms with Crippen LogP contribution in [0.4, 0.5) is 0 Å². The minimum atomic E-state index is -0.245. The Morgan fingerprint density at radius 1 is 1.32 bits per heavy atom. The number of ether oxygens (including phenoxy) is 1. The standard InChI is InChI=1S/C14H28N2O3/c1-14(2,3)10-11(15)9-12(17)16(4)8-6-7-13(18)19-5/h11H,6-10,15H2,1-5H3. The van der Waals surface area contributed by atoms with Gasteiger partial charge in [0, 0.05) is 32.5 Å². The molecule has 0 aliphatic rings. The lowest BCUT2D eigenvalue weighted by Gasteiger charge is -2.24. The van der Waals surface area contributed by atoms with Crippen molar-refractivity contribution in [2.45, 2.75) is 52.5 Å². The molecule has 0 spiro atoms. The number of amides is 1. The molecule has 0 aliphatic carbocycles. The molecule has 0 bridgehead atoms. The zero-order valence-electron chi connectivity index (χ0n) is 12.9. The van der Waals surface area contributed by atoms with Crippen molar-refractivity contribution in [3.63, 3.8) is 0 Å². The van der Waals surface area contributed by atoms with Crippen LogP contribution in [0, 0.1) is 5.41 Å². The van der Waals surface area contributed by atoms with Crippen LogP contribution in [-0.4, -0.2) is 43.5 Å². The Balaban J connectivity index is 3.96. The molecule has 5 nitrogen and oxygen atoms in total. The van der Waals surface area contributed by atoms with Crippen molar-refractivity contribution in [3.8, 4) is 0 Å². The largest absolute Gasteiger partial charge is 0.469 e. The third kappa shape index (κ3) is 9.47. The average molecular weight is 272 g/mol. The van der Waals surface area contributed by atoms with E-state index in [0.717, 1.165) is 6.42 Å². The normalized spacial score (nSPS) is 12.9. The van der Waals surface area contributed by atoms with Gasteiger partial charge in [-0.1, -0.05) is 20.8 Å². The Hall–Kier alpha value is -1.10. The maximum Gasteiger partial charge on any atom is 0.305 e. The Morgan fingerprint density at radius 2 is 1.89 bits per heavy atom. The molecule has 0 saturated carbocycles. The summed E-state index contributed by atoms with van der Waals surface area (Å²) >= 11 is 0. The number of nitrogens with zero attached hydrogens (tertiary/aromatic N) is 1. The molecule has 0 aromatic heterocycles. The molecule has 0 aromatic rings. The van der Waals surface area contributed by atoms with Crippen LogP contribution >= 0.6 is 0 Å². The van der Waals surface area contributed by atoms with Gasteiger partial charge in [-0.05, 0) is 18.3 Å². The number of nitrogens with two attached hydrogens (primary N) is 1. The van der Waals surface area contributed by atoms with Crippen LogP contribution in [0.5, 0.6) is 0 Å². The van der Waals surface area contributed by atoms with Gasteiger partial charge in [-0.15, -0.1) is 0 Å². The van der Waals surface area contributed by atoms with Gasteiger partial charge >= 0.3 is 5.97 Å². The lowest BCUT2D eigenvalue weighted by Crippen LogP contribution is -2.35. The fourth-order valence-corrected chi connectivity index (χ4v) is 1.93. The number of hydrogen-bond acceptors (Lipinski definition) is 4. The van der Waals surface area contributed by atoms with Gasteiger partial charge in [-0.25, -0.2) is 0 Å². The lowest BCUT2D eigenvalue weighted by atomic mass is 9.87. The molecule has 112 valence electrons. The van der Waals surface area contributed by atoms with E-state index >= 15 is 0 Å². The predicted octanol–water partition coefficient (Wildman–Crippen LogP) is 1.55. The minimum absolute atomic E-state index is 0.0293. The van der Waals surface area contributed by atoms with Crippen LogP contribution in [0.3, 0.4) is 0 Å². The maximum absolute atomic E-state index is 11.9. The second kappa shape index (κ2) is 8.15. The Morgan fingerprint density at radius 3 is 2.37 bits per heavy atom. The number of carbonyl (C=O) groups is 2. The highest BCUT2D eigenvalue weighted by atomic mass is 16.5. The molecule has 0 rings (SSSR count). The van der Waals surface area contributed by atoms with Crippen molar-refractivity contribution < 1.29 is 14.3 Å². The Bertz CT molecular complexity index is 298. The highest BCUT2D eigenvalue weighted by Gasteiger charge is 2.19. The molecular formula is C14H28N2O3. The molecule has 2 N–H and O–H groups in total. The summed E-state index contributed by atoms with van der Waals surface area (Å²) in [5, 5.41) is 0. The number of methoxy groups -OCH3 is 1. The summed E-state index contributed by atoms with van der Waals surface area (Å²) in [6.07, 6.45) is 2.12. The van der Waals surface area contributed by atoms with Gasteiger partial charge in [0.1, 0.15) is 0 Å². The molecular weight excluding hydrogens is 244 g/mol. The molecule has 0 heterocycles. The van der Waals surface area contributed by atoms with Gasteiger partial charge in [0.15, 0.2) is 0 Å². The van der Waals surface area contributed by atoms with E-state index < -0.39 is 0 Å². The van der Waals surface area contributed by atoms with E-state index in [1.807, 2.05) is 0 Å². The Kier molecular flexibility index (Phi) is 7.68. The summed E-state index contributed by atoms with van der Waals surface area (Å²) in [5.74, 6) is -0.216. The number of hydrogen-bond donors (Lipinski definition) is 1. The average Bonchev–Trinajstić information content (AvgIpc) is 2.25. The zero-order valence-corrected chi connectivity index (χ0v) is 12.9. The molecule has 19 heavy (non-hydrogen) atoms. The number of carbonyl (C=O) groups excluding carboxylic acids is 2. The topological polar surface area (TPSA) is 72.6 Å². The predicted molar refractivity (Wildman–Crippen MR) is 75.6 cm³/mol. The van der Waals surface area contributed by atoms with Crippen LogP contribution in [-0.2, 0) is 14.3 Å². The fourth-order valence-electron chi connectivity index (χ4n) is 1.93. The van der Waals surface area contributed by atoms with E-state index in [0.29, 0.717) is 25.8 Å². The summed E-state index contributed by atoms with van der Waals surface area (Å²) in [7, 11) is 3.10. The van der Waals surface area contributed by atoms with Crippen LogP contribution in [0.15, 0.2) is 0 Å². The van der Waals surface area contributed by atoms with Crippen LogP contribution < -0.4 is 5.73 Å². The van der Waals surface area contributed by atoms with E-state index in [2.05, 4.69) is 25.5 Å². The van der Waals surface area contributed by atoms with Gasteiger partial charge < -0.3 is 15.4 Å². The molecule has 0 saturated heterocycles. The molecule has 1 amide bonds. The smallest absolute Gasteiger partial charge is 0.305 e. The molecule has 1 atom stereocenters. The van der Waals surface area contributed by atoms with Crippen LogP contribution in [0.25, 0.3) is 0 Å². The second-order valence-corrected chi connectivity index (χ2v) is 6.22. The second-order valence-electron chi connectivity index (χ2n) is 6.22. The summed E-state index contributed by atoms with van der Waals surface area (Å²) in [4.78, 5) is 24.5. The van der Waals surface area contributed by atoms with Crippen molar-refractivity contribution >= 4 is 11.9 Å². The lowest BCUT2D eigenvalue weighted by molar-refractivity contribution is -0.141. The monoisotopic (exact) mass is 272 g/mol. The summed E-state index contributed by atoms with van der Waals surface area (Å²) in [5.41, 5.74) is 6.10. The number of esters is 1. The third-order valence-electron chi connectivity index (χ3n) is 2.84. The van der Waals surface area contributed by atoms with E-state index in [4.69, 9.17) is 5.73 Å².